The van der Waals surface area contributed by atoms with Crippen LogP contribution in [0.4, 0.5) is 11.4 Å². The molecule has 5 aliphatic rings. The molecular formula is C49H57N5O6. The number of rotatable bonds is 11. The van der Waals surface area contributed by atoms with Crippen LogP contribution in [0, 0.1) is 34.0 Å². The number of benzene rings is 3. The van der Waals surface area contributed by atoms with Gasteiger partial charge in [-0.15, -0.1) is 0 Å². The van der Waals surface area contributed by atoms with E-state index in [0.717, 1.165) is 81.2 Å². The minimum atomic E-state index is -0.702. The van der Waals surface area contributed by atoms with Gasteiger partial charge in [-0.2, -0.15) is 5.26 Å². The summed E-state index contributed by atoms with van der Waals surface area (Å²) in [6, 6.07) is 20.4. The number of nitrogens with zero attached hydrogens (tertiary/aromatic N) is 5. The number of anilines is 2. The Morgan fingerprint density at radius 3 is 2.12 bits per heavy atom. The van der Waals surface area contributed by atoms with Crippen LogP contribution in [0.25, 0.3) is 0 Å². The van der Waals surface area contributed by atoms with Crippen molar-refractivity contribution in [2.45, 2.75) is 78.4 Å². The summed E-state index contributed by atoms with van der Waals surface area (Å²) in [5.74, 6) is 1.21. The van der Waals surface area contributed by atoms with E-state index < -0.39 is 6.04 Å². The van der Waals surface area contributed by atoms with Gasteiger partial charge in [-0.1, -0.05) is 39.8 Å². The molecule has 3 heterocycles. The molecule has 4 fully saturated rings. The number of imide groups is 1. The summed E-state index contributed by atoms with van der Waals surface area (Å²) in [5.41, 5.74) is 4.48. The number of nitriles is 1. The number of methoxy groups -OCH3 is 1. The Morgan fingerprint density at radius 1 is 0.817 bits per heavy atom. The first kappa shape index (κ1) is 41.3. The van der Waals surface area contributed by atoms with Crippen LogP contribution < -0.4 is 19.3 Å². The second-order valence-electron chi connectivity index (χ2n) is 18.7. The Morgan fingerprint density at radius 2 is 1.47 bits per heavy atom. The fourth-order valence-electron chi connectivity index (χ4n) is 11.0. The van der Waals surface area contributed by atoms with Crippen LogP contribution >= 0.6 is 0 Å². The van der Waals surface area contributed by atoms with Gasteiger partial charge >= 0.3 is 0 Å². The minimum absolute atomic E-state index is 0.106. The summed E-state index contributed by atoms with van der Waals surface area (Å²) in [4.78, 5) is 61.5. The summed E-state index contributed by atoms with van der Waals surface area (Å²) >= 11 is 0. The normalized spacial score (nSPS) is 24.2. The molecule has 1 atom stereocenters. The van der Waals surface area contributed by atoms with Crippen molar-refractivity contribution in [2.75, 3.05) is 62.7 Å². The highest BCUT2D eigenvalue weighted by Gasteiger charge is 2.63. The molecule has 1 unspecified atom stereocenters. The zero-order valence-corrected chi connectivity index (χ0v) is 35.7. The van der Waals surface area contributed by atoms with Gasteiger partial charge in [-0.3, -0.25) is 29.0 Å². The summed E-state index contributed by atoms with van der Waals surface area (Å²) in [6.07, 6.45) is 3.88. The Balaban J connectivity index is 0.790. The molecule has 11 nitrogen and oxygen atoms in total. The summed E-state index contributed by atoms with van der Waals surface area (Å²) in [7, 11) is 1.55. The average Bonchev–Trinajstić information content (AvgIpc) is 3.49. The first-order valence-corrected chi connectivity index (χ1v) is 21.5. The van der Waals surface area contributed by atoms with Gasteiger partial charge in [-0.25, -0.2) is 0 Å². The largest absolute Gasteiger partial charge is 0.495 e. The van der Waals surface area contributed by atoms with Crippen LogP contribution in [0.2, 0.25) is 0 Å². The number of hydrogen-bond acceptors (Lipinski definition) is 10. The molecule has 0 bridgehead atoms. The third kappa shape index (κ3) is 7.59. The topological polar surface area (TPSA) is 123 Å². The van der Waals surface area contributed by atoms with Crippen molar-refractivity contribution in [3.05, 3.63) is 95.1 Å². The predicted octanol–water partition coefficient (Wildman–Crippen LogP) is 7.58. The van der Waals surface area contributed by atoms with Gasteiger partial charge in [0, 0.05) is 92.5 Å². The molecule has 3 aromatic rings. The molecule has 11 heteroatoms. The highest BCUT2D eigenvalue weighted by atomic mass is 16.5. The average molecular weight is 812 g/mol. The van der Waals surface area contributed by atoms with Crippen LogP contribution in [0.3, 0.4) is 0 Å². The lowest BCUT2D eigenvalue weighted by atomic mass is 9.44. The van der Waals surface area contributed by atoms with Gasteiger partial charge in [0.1, 0.15) is 23.7 Å². The first-order chi connectivity index (χ1) is 28.7. The van der Waals surface area contributed by atoms with Crippen molar-refractivity contribution in [1.29, 1.82) is 5.26 Å². The van der Waals surface area contributed by atoms with E-state index >= 15 is 0 Å². The molecule has 0 radical (unpaired) electrons. The maximum absolute atomic E-state index is 13.7. The zero-order chi connectivity index (χ0) is 42.5. The standard InChI is InChI=1S/C49H57N5O6/c1-31-7-16-40(42(56)25-31)54-45(57)38-15-13-36(26-39(38)46(54)58)53-23-21-51(22-24-53)30-32-17-19-52(20-18-32)35-11-8-33(9-12-35)41(55)28-44-48(2,3)47(49(44,4)5)60-37-14-10-34(29-50)43(27-37)59-6/h8-15,26-27,32,40,44,47H,1,7,16-25,28,30H2,2-6H3. The Labute approximate surface area is 353 Å². The van der Waals surface area contributed by atoms with E-state index in [2.05, 4.69) is 67.2 Å². The van der Waals surface area contributed by atoms with Crippen LogP contribution in [0.5, 0.6) is 11.5 Å². The molecular weight excluding hydrogens is 755 g/mol. The highest BCUT2D eigenvalue weighted by molar-refractivity contribution is 6.23. The molecule has 2 saturated carbocycles. The number of hydrogen-bond donors (Lipinski definition) is 0. The van der Waals surface area contributed by atoms with Crippen molar-refractivity contribution in [1.82, 2.24) is 9.80 Å². The molecule has 0 aromatic heterocycles. The number of ketones is 2. The van der Waals surface area contributed by atoms with E-state index in [1.54, 1.807) is 25.3 Å². The van der Waals surface area contributed by atoms with Gasteiger partial charge in [0.25, 0.3) is 11.8 Å². The number of carbonyl (C=O) groups excluding carboxylic acids is 4. The highest BCUT2D eigenvalue weighted by Crippen LogP contribution is 2.62. The van der Waals surface area contributed by atoms with E-state index in [0.29, 0.717) is 53.4 Å². The number of piperazine rings is 1. The van der Waals surface area contributed by atoms with Crippen molar-refractivity contribution >= 4 is 34.8 Å². The molecule has 2 aliphatic carbocycles. The van der Waals surface area contributed by atoms with Crippen molar-refractivity contribution < 1.29 is 28.7 Å². The molecule has 8 rings (SSSR count). The fourth-order valence-corrected chi connectivity index (χ4v) is 11.0. The third-order valence-corrected chi connectivity index (χ3v) is 14.3. The molecule has 0 N–H and O–H groups in total. The number of Topliss-reactive ketones (excluding diaryl/α,β-unsaturated/α-hetero) is 2. The van der Waals surface area contributed by atoms with E-state index in [9.17, 15) is 24.4 Å². The lowest BCUT2D eigenvalue weighted by Gasteiger charge is -2.63. The molecule has 3 aliphatic heterocycles. The second kappa shape index (κ2) is 16.2. The Bertz CT molecular complexity index is 2230. The van der Waals surface area contributed by atoms with Crippen molar-refractivity contribution in [3.8, 4) is 17.6 Å². The summed E-state index contributed by atoms with van der Waals surface area (Å²) < 4.78 is 11.9. The quantitative estimate of drug-likeness (QED) is 0.109. The van der Waals surface area contributed by atoms with Gasteiger partial charge in [0.2, 0.25) is 0 Å². The molecule has 2 saturated heterocycles. The Kier molecular flexibility index (Phi) is 11.1. The third-order valence-electron chi connectivity index (χ3n) is 14.3. The van der Waals surface area contributed by atoms with E-state index in [1.807, 2.05) is 30.3 Å². The summed E-state index contributed by atoms with van der Waals surface area (Å²) in [6.45, 7) is 19.2. The fraction of sp³-hybridized carbons (Fsp3) is 0.490. The monoisotopic (exact) mass is 811 g/mol. The smallest absolute Gasteiger partial charge is 0.262 e. The van der Waals surface area contributed by atoms with E-state index in [1.165, 1.54) is 4.90 Å². The number of carbonyl (C=O) groups is 4. The van der Waals surface area contributed by atoms with E-state index in [-0.39, 0.29) is 52.7 Å². The van der Waals surface area contributed by atoms with Crippen LogP contribution in [-0.4, -0.2) is 98.2 Å². The first-order valence-electron chi connectivity index (χ1n) is 21.5. The second-order valence-corrected chi connectivity index (χ2v) is 18.7. The molecule has 3 aromatic carbocycles. The predicted molar refractivity (Wildman–Crippen MR) is 231 cm³/mol. The van der Waals surface area contributed by atoms with Gasteiger partial charge in [0.05, 0.1) is 29.8 Å². The lowest BCUT2D eigenvalue weighted by Crippen LogP contribution is -2.66. The van der Waals surface area contributed by atoms with Crippen LogP contribution in [0.1, 0.15) is 103 Å². The molecule has 2 amide bonds. The number of fused-ring (bicyclic) bond motifs is 1. The summed E-state index contributed by atoms with van der Waals surface area (Å²) in [5, 5.41) is 9.37. The van der Waals surface area contributed by atoms with Crippen molar-refractivity contribution in [2.24, 2.45) is 22.7 Å². The number of piperidine rings is 1. The van der Waals surface area contributed by atoms with Crippen LogP contribution in [0.15, 0.2) is 72.8 Å². The zero-order valence-electron chi connectivity index (χ0n) is 35.7. The number of allylic oxidation sites excluding steroid dienone is 1. The number of amides is 2. The lowest BCUT2D eigenvalue weighted by molar-refractivity contribution is -0.196. The van der Waals surface area contributed by atoms with E-state index in [4.69, 9.17) is 9.47 Å². The Hall–Kier alpha value is -5.47. The molecule has 0 spiro atoms. The molecule has 60 heavy (non-hydrogen) atoms. The maximum Gasteiger partial charge on any atom is 0.262 e. The minimum Gasteiger partial charge on any atom is -0.495 e. The van der Waals surface area contributed by atoms with Crippen molar-refractivity contribution in [3.63, 3.8) is 0 Å². The molecule has 314 valence electrons. The SMILES string of the molecule is C=C1CCC(N2C(=O)c3ccc(N4CCN(CC5CCN(c6ccc(C(=O)CC7C(C)(C)C(Oc8ccc(C#N)c(OC)c8)C7(C)C)cc6)CC5)CC4)cc3C2=O)C(=O)C1. The van der Waals surface area contributed by atoms with Gasteiger partial charge < -0.3 is 19.3 Å². The maximum atomic E-state index is 13.7. The van der Waals surface area contributed by atoms with Gasteiger partial charge in [-0.05, 0) is 92.1 Å². The van der Waals surface area contributed by atoms with Gasteiger partial charge in [0.15, 0.2) is 11.6 Å². The number of ether oxygens (including phenoxy) is 2. The van der Waals surface area contributed by atoms with Crippen LogP contribution in [-0.2, 0) is 4.79 Å².